The molecule has 3 N–H and O–H groups in total. The van der Waals surface area contributed by atoms with Crippen LogP contribution in [0.5, 0.6) is 0 Å². The first-order valence-electron chi connectivity index (χ1n) is 5.62. The highest BCUT2D eigenvalue weighted by molar-refractivity contribution is 5.95. The molecule has 0 amide bonds. The maximum Gasteiger partial charge on any atom is 0.307 e. The largest absolute Gasteiger partial charge is 0.466 e. The lowest BCUT2D eigenvalue weighted by molar-refractivity contribution is -0.142. The number of hydrogen-bond acceptors (Lipinski definition) is 7. The second kappa shape index (κ2) is 5.35. The number of aromatic nitrogens is 2. The Morgan fingerprint density at radius 2 is 2.22 bits per heavy atom. The van der Waals surface area contributed by atoms with Gasteiger partial charge >= 0.3 is 5.97 Å². The Morgan fingerprint density at radius 3 is 3.00 bits per heavy atom. The highest BCUT2D eigenvalue weighted by atomic mass is 16.6. The van der Waals surface area contributed by atoms with Gasteiger partial charge in [0.25, 0.3) is 0 Å². The molecule has 0 unspecified atom stereocenters. The summed E-state index contributed by atoms with van der Waals surface area (Å²) >= 11 is 0. The van der Waals surface area contributed by atoms with E-state index < -0.39 is 0 Å². The molecule has 1 aromatic carbocycles. The summed E-state index contributed by atoms with van der Waals surface area (Å²) in [5, 5.41) is 10.5. The van der Waals surface area contributed by atoms with Gasteiger partial charge in [-0.25, -0.2) is 4.63 Å². The van der Waals surface area contributed by atoms with Gasteiger partial charge in [0.1, 0.15) is 0 Å². The molecule has 0 saturated carbocycles. The van der Waals surface area contributed by atoms with E-state index >= 15 is 0 Å². The third-order valence-corrected chi connectivity index (χ3v) is 2.40. The average Bonchev–Trinajstić information content (AvgIpc) is 2.82. The number of fused-ring (bicyclic) bond motifs is 1. The number of carbonyl (C=O) groups is 1. The van der Waals surface area contributed by atoms with Crippen LogP contribution in [-0.2, 0) is 9.53 Å². The van der Waals surface area contributed by atoms with Crippen molar-refractivity contribution in [2.24, 2.45) is 0 Å². The van der Waals surface area contributed by atoms with Gasteiger partial charge in [0.05, 0.1) is 24.4 Å². The van der Waals surface area contributed by atoms with E-state index in [1.165, 1.54) is 0 Å². The molecular weight excluding hydrogens is 236 g/mol. The van der Waals surface area contributed by atoms with E-state index in [9.17, 15) is 4.79 Å². The van der Waals surface area contributed by atoms with E-state index in [0.717, 1.165) is 5.69 Å². The molecule has 1 aromatic heterocycles. The zero-order valence-electron chi connectivity index (χ0n) is 9.97. The number of nitrogens with one attached hydrogen (secondary N) is 1. The quantitative estimate of drug-likeness (QED) is 0.606. The second-order valence-electron chi connectivity index (χ2n) is 3.65. The molecule has 2 aromatic rings. The number of ether oxygens (including phenoxy) is 1. The summed E-state index contributed by atoms with van der Waals surface area (Å²) in [7, 11) is 0. The number of benzene rings is 1. The SMILES string of the molecule is CCOC(=O)CCNc1ccc(N)c2nonc12. The van der Waals surface area contributed by atoms with Crippen LogP contribution in [0.3, 0.4) is 0 Å². The average molecular weight is 250 g/mol. The van der Waals surface area contributed by atoms with Crippen LogP contribution < -0.4 is 11.1 Å². The van der Waals surface area contributed by atoms with Crippen LogP contribution in [0, 0.1) is 0 Å². The van der Waals surface area contributed by atoms with Crippen molar-refractivity contribution in [3.8, 4) is 0 Å². The van der Waals surface area contributed by atoms with Gasteiger partial charge in [-0.15, -0.1) is 0 Å². The molecule has 0 aliphatic heterocycles. The molecule has 96 valence electrons. The molecular formula is C11H14N4O3. The molecule has 0 radical (unpaired) electrons. The molecule has 0 fully saturated rings. The highest BCUT2D eigenvalue weighted by Gasteiger charge is 2.10. The molecule has 7 heteroatoms. The van der Waals surface area contributed by atoms with Crippen LogP contribution in [0.1, 0.15) is 13.3 Å². The fourth-order valence-corrected chi connectivity index (χ4v) is 1.56. The number of nitrogens with two attached hydrogens (primary N) is 1. The topological polar surface area (TPSA) is 103 Å². The van der Waals surface area contributed by atoms with Crippen molar-refractivity contribution in [1.82, 2.24) is 10.3 Å². The number of nitrogens with zero attached hydrogens (tertiary/aromatic N) is 2. The van der Waals surface area contributed by atoms with Crippen molar-refractivity contribution in [2.75, 3.05) is 24.2 Å². The Kier molecular flexibility index (Phi) is 3.61. The smallest absolute Gasteiger partial charge is 0.307 e. The molecule has 1 heterocycles. The predicted octanol–water partition coefficient (Wildman–Crippen LogP) is 1.17. The normalized spacial score (nSPS) is 10.5. The minimum atomic E-state index is -0.241. The van der Waals surface area contributed by atoms with Crippen LogP contribution in [0.15, 0.2) is 16.8 Å². The Bertz CT molecular complexity index is 552. The Hall–Kier alpha value is -2.31. The first-order valence-corrected chi connectivity index (χ1v) is 5.62. The van der Waals surface area contributed by atoms with Crippen molar-refractivity contribution in [1.29, 1.82) is 0 Å². The van der Waals surface area contributed by atoms with Gasteiger partial charge in [-0.05, 0) is 29.4 Å². The molecule has 0 aliphatic rings. The summed E-state index contributed by atoms with van der Waals surface area (Å²) in [5.74, 6) is -0.241. The summed E-state index contributed by atoms with van der Waals surface area (Å²) in [6.07, 6.45) is 0.283. The van der Waals surface area contributed by atoms with Gasteiger partial charge in [0.2, 0.25) is 0 Å². The van der Waals surface area contributed by atoms with Crippen LogP contribution >= 0.6 is 0 Å². The first-order chi connectivity index (χ1) is 8.72. The molecule has 0 saturated heterocycles. The molecule has 0 bridgehead atoms. The van der Waals surface area contributed by atoms with E-state index in [1.807, 2.05) is 0 Å². The Morgan fingerprint density at radius 1 is 1.44 bits per heavy atom. The van der Waals surface area contributed by atoms with Gasteiger partial charge in [0, 0.05) is 6.54 Å². The minimum Gasteiger partial charge on any atom is -0.466 e. The van der Waals surface area contributed by atoms with Gasteiger partial charge < -0.3 is 15.8 Å². The standard InChI is InChI=1S/C11H14N4O3/c1-2-17-9(16)5-6-13-8-4-3-7(12)10-11(8)15-18-14-10/h3-4,13H,2,5-6,12H2,1H3. The van der Waals surface area contributed by atoms with Crippen LogP contribution in [-0.4, -0.2) is 29.4 Å². The molecule has 18 heavy (non-hydrogen) atoms. The summed E-state index contributed by atoms with van der Waals surface area (Å²) in [4.78, 5) is 11.2. The number of rotatable bonds is 5. The first kappa shape index (κ1) is 12.2. The van der Waals surface area contributed by atoms with Gasteiger partial charge in [0.15, 0.2) is 11.0 Å². The summed E-state index contributed by atoms with van der Waals surface area (Å²) < 4.78 is 9.47. The van der Waals surface area contributed by atoms with E-state index in [2.05, 4.69) is 20.3 Å². The van der Waals surface area contributed by atoms with Crippen LogP contribution in [0.4, 0.5) is 11.4 Å². The molecule has 0 spiro atoms. The summed E-state index contributed by atoms with van der Waals surface area (Å²) in [6.45, 7) is 2.61. The Balaban J connectivity index is 2.02. The van der Waals surface area contributed by atoms with Crippen molar-refractivity contribution in [3.63, 3.8) is 0 Å². The van der Waals surface area contributed by atoms with E-state index in [0.29, 0.717) is 29.9 Å². The lowest BCUT2D eigenvalue weighted by Crippen LogP contribution is -2.11. The van der Waals surface area contributed by atoms with E-state index in [-0.39, 0.29) is 12.4 Å². The lowest BCUT2D eigenvalue weighted by atomic mass is 10.2. The molecule has 0 atom stereocenters. The molecule has 2 rings (SSSR count). The summed E-state index contributed by atoms with van der Waals surface area (Å²) in [5.41, 5.74) is 8.02. The third kappa shape index (κ3) is 2.50. The summed E-state index contributed by atoms with van der Waals surface area (Å²) in [6, 6.07) is 3.48. The van der Waals surface area contributed by atoms with Gasteiger partial charge in [-0.1, -0.05) is 0 Å². The highest BCUT2D eigenvalue weighted by Crippen LogP contribution is 2.24. The second-order valence-corrected chi connectivity index (χ2v) is 3.65. The third-order valence-electron chi connectivity index (χ3n) is 2.40. The van der Waals surface area contributed by atoms with Crippen LogP contribution in [0.25, 0.3) is 11.0 Å². The fourth-order valence-electron chi connectivity index (χ4n) is 1.56. The van der Waals surface area contributed by atoms with Crippen LogP contribution in [0.2, 0.25) is 0 Å². The van der Waals surface area contributed by atoms with Gasteiger partial charge in [-0.2, -0.15) is 0 Å². The maximum atomic E-state index is 11.2. The van der Waals surface area contributed by atoms with Gasteiger partial charge in [-0.3, -0.25) is 4.79 Å². The fraction of sp³-hybridized carbons (Fsp3) is 0.364. The number of carbonyl (C=O) groups excluding carboxylic acids is 1. The molecule has 0 aliphatic carbocycles. The number of esters is 1. The number of hydrogen-bond donors (Lipinski definition) is 2. The monoisotopic (exact) mass is 250 g/mol. The molecule has 7 nitrogen and oxygen atoms in total. The maximum absolute atomic E-state index is 11.2. The van der Waals surface area contributed by atoms with Crippen molar-refractivity contribution >= 4 is 28.4 Å². The van der Waals surface area contributed by atoms with Crippen molar-refractivity contribution in [2.45, 2.75) is 13.3 Å². The zero-order valence-corrected chi connectivity index (χ0v) is 9.97. The Labute approximate surface area is 103 Å². The van der Waals surface area contributed by atoms with Crippen molar-refractivity contribution in [3.05, 3.63) is 12.1 Å². The zero-order chi connectivity index (χ0) is 13.0. The lowest BCUT2D eigenvalue weighted by Gasteiger charge is -2.06. The number of nitrogen functional groups attached to an aromatic ring is 1. The van der Waals surface area contributed by atoms with E-state index in [1.54, 1.807) is 19.1 Å². The minimum absolute atomic E-state index is 0.241. The number of anilines is 2. The van der Waals surface area contributed by atoms with Crippen molar-refractivity contribution < 1.29 is 14.2 Å². The van der Waals surface area contributed by atoms with E-state index in [4.69, 9.17) is 10.5 Å². The predicted molar refractivity (Wildman–Crippen MR) is 66.0 cm³/mol.